The van der Waals surface area contributed by atoms with Gasteiger partial charge in [-0.05, 0) is 12.0 Å². The van der Waals surface area contributed by atoms with Gasteiger partial charge in [0, 0.05) is 5.92 Å². The van der Waals surface area contributed by atoms with E-state index < -0.39 is 18.1 Å². The number of nitrogens with zero attached hydrogens (tertiary/aromatic N) is 1. The highest BCUT2D eigenvalue weighted by molar-refractivity contribution is 5.96. The Labute approximate surface area is 128 Å². The minimum Gasteiger partial charge on any atom is -0.447 e. The highest BCUT2D eigenvalue weighted by Gasteiger charge is 2.43. The number of cyclic esters (lactones) is 1. The van der Waals surface area contributed by atoms with Crippen LogP contribution in [-0.2, 0) is 14.3 Å². The molecule has 3 atom stereocenters. The Balaban J connectivity index is 1.89. The van der Waals surface area contributed by atoms with Crippen LogP contribution in [0.15, 0.2) is 30.3 Å². The van der Waals surface area contributed by atoms with Gasteiger partial charge in [0.25, 0.3) is 0 Å². The third-order valence-corrected chi connectivity index (χ3v) is 4.26. The molecule has 2 aliphatic heterocycles. The standard InChI is InChI=1S/C16H18N2O4/c1-10-9-12(15(20)18-7-8-22-16(18)21)13(17-14(10)19)11-5-3-2-4-6-11/h2-6,10,12-13H,7-9H2,1H3,(H,17,19)/t10-,12+,13+/m1/s1. The van der Waals surface area contributed by atoms with Crippen LogP contribution in [0.4, 0.5) is 4.79 Å². The molecule has 0 aromatic heterocycles. The van der Waals surface area contributed by atoms with E-state index in [9.17, 15) is 14.4 Å². The van der Waals surface area contributed by atoms with Gasteiger partial charge in [0.15, 0.2) is 0 Å². The summed E-state index contributed by atoms with van der Waals surface area (Å²) in [5, 5.41) is 2.91. The molecule has 0 aliphatic carbocycles. The molecular weight excluding hydrogens is 284 g/mol. The molecule has 3 amide bonds. The Hall–Kier alpha value is -2.37. The fraction of sp³-hybridized carbons (Fsp3) is 0.438. The van der Waals surface area contributed by atoms with Gasteiger partial charge in [-0.15, -0.1) is 0 Å². The van der Waals surface area contributed by atoms with Crippen molar-refractivity contribution in [2.75, 3.05) is 13.2 Å². The van der Waals surface area contributed by atoms with Crippen molar-refractivity contribution in [2.24, 2.45) is 11.8 Å². The summed E-state index contributed by atoms with van der Waals surface area (Å²) < 4.78 is 4.85. The lowest BCUT2D eigenvalue weighted by molar-refractivity contribution is -0.138. The molecule has 1 aromatic rings. The van der Waals surface area contributed by atoms with Gasteiger partial charge in [-0.3, -0.25) is 9.59 Å². The first kappa shape index (κ1) is 14.6. The van der Waals surface area contributed by atoms with E-state index in [4.69, 9.17) is 4.74 Å². The van der Waals surface area contributed by atoms with Crippen molar-refractivity contribution in [3.8, 4) is 0 Å². The molecule has 0 bridgehead atoms. The number of amides is 3. The van der Waals surface area contributed by atoms with E-state index in [2.05, 4.69) is 5.32 Å². The summed E-state index contributed by atoms with van der Waals surface area (Å²) in [4.78, 5) is 37.5. The van der Waals surface area contributed by atoms with Gasteiger partial charge in [-0.25, -0.2) is 9.69 Å². The SMILES string of the molecule is C[C@@H]1C[C@H](C(=O)N2CCOC2=O)[C@H](c2ccccc2)NC1=O. The van der Waals surface area contributed by atoms with Crippen molar-refractivity contribution in [1.29, 1.82) is 0 Å². The molecule has 0 saturated carbocycles. The van der Waals surface area contributed by atoms with Crippen LogP contribution in [-0.4, -0.2) is 36.0 Å². The summed E-state index contributed by atoms with van der Waals surface area (Å²) in [6.07, 6.45) is -0.171. The third-order valence-electron chi connectivity index (χ3n) is 4.26. The number of piperidine rings is 1. The number of imide groups is 1. The highest BCUT2D eigenvalue weighted by Crippen LogP contribution is 2.34. The minimum atomic E-state index is -0.596. The molecule has 0 spiro atoms. The molecule has 2 saturated heterocycles. The van der Waals surface area contributed by atoms with Crippen molar-refractivity contribution in [3.63, 3.8) is 0 Å². The maximum Gasteiger partial charge on any atom is 0.416 e. The van der Waals surface area contributed by atoms with E-state index in [1.807, 2.05) is 30.3 Å². The second-order valence-electron chi connectivity index (χ2n) is 5.74. The first-order chi connectivity index (χ1) is 10.6. The molecule has 2 fully saturated rings. The molecule has 6 nitrogen and oxygen atoms in total. The zero-order chi connectivity index (χ0) is 15.7. The van der Waals surface area contributed by atoms with Crippen molar-refractivity contribution >= 4 is 17.9 Å². The number of ether oxygens (including phenoxy) is 1. The van der Waals surface area contributed by atoms with E-state index in [-0.39, 0.29) is 30.9 Å². The molecular formula is C16H18N2O4. The van der Waals surface area contributed by atoms with Crippen LogP contribution in [0.3, 0.4) is 0 Å². The predicted molar refractivity (Wildman–Crippen MR) is 77.7 cm³/mol. The van der Waals surface area contributed by atoms with Crippen molar-refractivity contribution in [3.05, 3.63) is 35.9 Å². The lowest BCUT2D eigenvalue weighted by atomic mass is 9.81. The molecule has 116 valence electrons. The van der Waals surface area contributed by atoms with Gasteiger partial charge in [0.1, 0.15) is 6.61 Å². The number of rotatable bonds is 2. The Morgan fingerprint density at radius 2 is 2.00 bits per heavy atom. The van der Waals surface area contributed by atoms with Crippen LogP contribution in [0.5, 0.6) is 0 Å². The summed E-state index contributed by atoms with van der Waals surface area (Å²) in [7, 11) is 0. The molecule has 22 heavy (non-hydrogen) atoms. The maximum absolute atomic E-state index is 12.7. The van der Waals surface area contributed by atoms with E-state index in [1.165, 1.54) is 0 Å². The molecule has 2 aliphatic rings. The van der Waals surface area contributed by atoms with Crippen LogP contribution in [0.2, 0.25) is 0 Å². The summed E-state index contributed by atoms with van der Waals surface area (Å²) in [6.45, 7) is 2.30. The first-order valence-electron chi connectivity index (χ1n) is 7.41. The Morgan fingerprint density at radius 3 is 2.64 bits per heavy atom. The average molecular weight is 302 g/mol. The van der Waals surface area contributed by atoms with Crippen LogP contribution in [0, 0.1) is 11.8 Å². The smallest absolute Gasteiger partial charge is 0.416 e. The van der Waals surface area contributed by atoms with Crippen molar-refractivity contribution in [2.45, 2.75) is 19.4 Å². The van der Waals surface area contributed by atoms with E-state index in [0.29, 0.717) is 6.42 Å². The van der Waals surface area contributed by atoms with E-state index in [0.717, 1.165) is 10.5 Å². The Bertz CT molecular complexity index is 601. The second kappa shape index (κ2) is 5.79. The number of benzene rings is 1. The zero-order valence-electron chi connectivity index (χ0n) is 12.3. The fourth-order valence-electron chi connectivity index (χ4n) is 3.03. The molecule has 2 heterocycles. The molecule has 6 heteroatoms. The van der Waals surface area contributed by atoms with Crippen molar-refractivity contribution < 1.29 is 19.1 Å². The van der Waals surface area contributed by atoms with Gasteiger partial charge < -0.3 is 10.1 Å². The highest BCUT2D eigenvalue weighted by atomic mass is 16.6. The van der Waals surface area contributed by atoms with E-state index >= 15 is 0 Å². The average Bonchev–Trinajstić information content (AvgIpc) is 2.96. The predicted octanol–water partition coefficient (Wildman–Crippen LogP) is 1.48. The monoisotopic (exact) mass is 302 g/mol. The van der Waals surface area contributed by atoms with E-state index in [1.54, 1.807) is 6.92 Å². The molecule has 1 aromatic carbocycles. The Morgan fingerprint density at radius 1 is 1.27 bits per heavy atom. The largest absolute Gasteiger partial charge is 0.447 e. The lowest BCUT2D eigenvalue weighted by Gasteiger charge is -2.35. The van der Waals surface area contributed by atoms with Crippen LogP contribution in [0.1, 0.15) is 24.9 Å². The molecule has 1 N–H and O–H groups in total. The number of carbonyl (C=O) groups is 3. The zero-order valence-corrected chi connectivity index (χ0v) is 12.3. The van der Waals surface area contributed by atoms with Crippen LogP contribution < -0.4 is 5.32 Å². The molecule has 0 unspecified atom stereocenters. The number of nitrogens with one attached hydrogen (secondary N) is 1. The summed E-state index contributed by atoms with van der Waals surface area (Å²) in [6, 6.07) is 8.96. The van der Waals surface area contributed by atoms with Gasteiger partial charge in [-0.1, -0.05) is 37.3 Å². The quantitative estimate of drug-likeness (QED) is 0.898. The summed E-state index contributed by atoms with van der Waals surface area (Å²) in [5.74, 6) is -1.06. The normalized spacial score (nSPS) is 28.2. The van der Waals surface area contributed by atoms with Crippen LogP contribution >= 0.6 is 0 Å². The topological polar surface area (TPSA) is 75.7 Å². The maximum atomic E-state index is 12.7. The number of carbonyl (C=O) groups excluding carboxylic acids is 3. The fourth-order valence-corrected chi connectivity index (χ4v) is 3.03. The van der Waals surface area contributed by atoms with Gasteiger partial charge >= 0.3 is 6.09 Å². The van der Waals surface area contributed by atoms with Gasteiger partial charge in [0.2, 0.25) is 11.8 Å². The molecule has 0 radical (unpaired) electrons. The Kier molecular flexibility index (Phi) is 3.83. The number of hydrogen-bond acceptors (Lipinski definition) is 4. The first-order valence-corrected chi connectivity index (χ1v) is 7.41. The van der Waals surface area contributed by atoms with Gasteiger partial charge in [-0.2, -0.15) is 0 Å². The third kappa shape index (κ3) is 2.56. The second-order valence-corrected chi connectivity index (χ2v) is 5.74. The van der Waals surface area contributed by atoms with Crippen molar-refractivity contribution in [1.82, 2.24) is 10.2 Å². The number of hydrogen-bond donors (Lipinski definition) is 1. The lowest BCUT2D eigenvalue weighted by Crippen LogP contribution is -2.50. The van der Waals surface area contributed by atoms with Gasteiger partial charge in [0.05, 0.1) is 18.5 Å². The van der Waals surface area contributed by atoms with Crippen LogP contribution in [0.25, 0.3) is 0 Å². The summed E-state index contributed by atoms with van der Waals surface area (Å²) >= 11 is 0. The summed E-state index contributed by atoms with van der Waals surface area (Å²) in [5.41, 5.74) is 0.869. The minimum absolute atomic E-state index is 0.0677. The molecule has 3 rings (SSSR count).